The molecule has 4 rings (SSSR count). The number of aryl methyl sites for hydroxylation is 4. The van der Waals surface area contributed by atoms with Gasteiger partial charge in [-0.25, -0.2) is 4.98 Å². The minimum Gasteiger partial charge on any atom is -0.388 e. The SMILES string of the molecule is C=C(Br)CC(=O)Nc1cn(C)c(C(=O)Nc2cc(C(=O)Nc3cc(C(=O)Nc4cc(C(=O)NCCC(=N)N)n(C)c4)n(C)c3)n(C)c2)n1. The van der Waals surface area contributed by atoms with Crippen LogP contribution in [-0.4, -0.2) is 65.2 Å². The van der Waals surface area contributed by atoms with Gasteiger partial charge in [0.2, 0.25) is 11.7 Å². The zero-order valence-electron chi connectivity index (χ0n) is 26.6. The quantitative estimate of drug-likeness (QED) is 0.0805. The lowest BCUT2D eigenvalue weighted by molar-refractivity contribution is -0.115. The van der Waals surface area contributed by atoms with Gasteiger partial charge >= 0.3 is 0 Å². The molecule has 0 spiro atoms. The fourth-order valence-electron chi connectivity index (χ4n) is 4.65. The zero-order valence-corrected chi connectivity index (χ0v) is 28.2. The zero-order chi connectivity index (χ0) is 35.3. The van der Waals surface area contributed by atoms with E-state index in [0.717, 1.165) is 0 Å². The number of hydrogen-bond donors (Lipinski definition) is 7. The van der Waals surface area contributed by atoms with Crippen LogP contribution in [0.2, 0.25) is 0 Å². The van der Waals surface area contributed by atoms with Gasteiger partial charge < -0.3 is 50.6 Å². The molecule has 0 atom stereocenters. The number of carbonyl (C=O) groups is 5. The average Bonchev–Trinajstić information content (AvgIpc) is 3.73. The van der Waals surface area contributed by atoms with Crippen LogP contribution >= 0.6 is 15.9 Å². The molecular weight excluding hydrogens is 688 g/mol. The highest BCUT2D eigenvalue weighted by atomic mass is 79.9. The summed E-state index contributed by atoms with van der Waals surface area (Å²) >= 11 is 3.13. The van der Waals surface area contributed by atoms with Gasteiger partial charge in [0.1, 0.15) is 17.1 Å². The molecule has 18 heteroatoms. The first kappa shape index (κ1) is 35.0. The highest BCUT2D eigenvalue weighted by Crippen LogP contribution is 2.20. The molecule has 8 N–H and O–H groups in total. The Bertz CT molecular complexity index is 1950. The van der Waals surface area contributed by atoms with Gasteiger partial charge in [-0.1, -0.05) is 22.5 Å². The molecule has 4 heterocycles. The number of amidine groups is 1. The van der Waals surface area contributed by atoms with Crippen LogP contribution < -0.4 is 32.3 Å². The third-order valence-electron chi connectivity index (χ3n) is 6.87. The molecule has 17 nitrogen and oxygen atoms in total. The Hall–Kier alpha value is -5.91. The highest BCUT2D eigenvalue weighted by Gasteiger charge is 2.20. The molecule has 0 aliphatic heterocycles. The van der Waals surface area contributed by atoms with Crippen LogP contribution in [0.4, 0.5) is 22.9 Å². The van der Waals surface area contributed by atoms with E-state index in [-0.39, 0.29) is 60.1 Å². The van der Waals surface area contributed by atoms with Crippen LogP contribution in [0.3, 0.4) is 0 Å². The first-order valence-electron chi connectivity index (χ1n) is 14.3. The van der Waals surface area contributed by atoms with Crippen LogP contribution in [0.25, 0.3) is 0 Å². The molecule has 0 aliphatic carbocycles. The maximum atomic E-state index is 13.2. The molecule has 4 aromatic rings. The monoisotopic (exact) mass is 722 g/mol. The number of aromatic nitrogens is 5. The summed E-state index contributed by atoms with van der Waals surface area (Å²) in [5, 5.41) is 20.7. The normalized spacial score (nSPS) is 10.7. The van der Waals surface area contributed by atoms with Crippen molar-refractivity contribution in [3.8, 4) is 0 Å². The second-order valence-corrected chi connectivity index (χ2v) is 12.0. The standard InChI is InChI=1S/C30H35BrN12O5/c1-16(31)8-25(44)38-24-15-43(5)26(39-24)30(48)37-19-11-22(42(4)14-19)29(47)36-18-10-21(41(3)13-18)28(46)35-17-9-20(40(2)12-17)27(45)34-7-6-23(32)33/h9-15H,1,6-8H2,2-5H3,(H3,32,33)(H,34,45)(H,35,46)(H,36,47)(H,37,48)(H,38,44). The number of anilines is 4. The Morgan fingerprint density at radius 3 is 1.67 bits per heavy atom. The second kappa shape index (κ2) is 14.7. The minimum absolute atomic E-state index is 0.0348. The van der Waals surface area contributed by atoms with Crippen LogP contribution in [0.1, 0.15) is 54.9 Å². The van der Waals surface area contributed by atoms with Gasteiger partial charge in [-0.3, -0.25) is 29.4 Å². The fourth-order valence-corrected chi connectivity index (χ4v) is 4.91. The fraction of sp³-hybridized carbons (Fsp3) is 0.233. The summed E-state index contributed by atoms with van der Waals surface area (Å²) < 4.78 is 6.59. The topological polar surface area (TPSA) is 228 Å². The molecular formula is C30H35BrN12O5. The van der Waals surface area contributed by atoms with E-state index < -0.39 is 17.7 Å². The van der Waals surface area contributed by atoms with E-state index in [1.165, 1.54) is 33.5 Å². The largest absolute Gasteiger partial charge is 0.388 e. The third-order valence-corrected chi connectivity index (χ3v) is 7.15. The maximum Gasteiger partial charge on any atom is 0.291 e. The van der Waals surface area contributed by atoms with Gasteiger partial charge in [0.15, 0.2) is 5.82 Å². The number of amides is 5. The van der Waals surface area contributed by atoms with Gasteiger partial charge in [-0.05, 0) is 22.7 Å². The number of nitrogens with zero attached hydrogens (tertiary/aromatic N) is 5. The van der Waals surface area contributed by atoms with E-state index in [4.69, 9.17) is 11.1 Å². The number of hydrogen-bond acceptors (Lipinski definition) is 7. The first-order chi connectivity index (χ1) is 22.6. The van der Waals surface area contributed by atoms with Crippen molar-refractivity contribution in [1.82, 2.24) is 28.6 Å². The van der Waals surface area contributed by atoms with Crippen molar-refractivity contribution >= 4 is 74.2 Å². The van der Waals surface area contributed by atoms with Gasteiger partial charge in [0.05, 0.1) is 29.3 Å². The predicted molar refractivity (Wildman–Crippen MR) is 183 cm³/mol. The van der Waals surface area contributed by atoms with Crippen LogP contribution in [0.5, 0.6) is 0 Å². The molecule has 0 aromatic carbocycles. The third kappa shape index (κ3) is 8.66. The van der Waals surface area contributed by atoms with Crippen molar-refractivity contribution in [2.45, 2.75) is 12.8 Å². The van der Waals surface area contributed by atoms with E-state index in [1.54, 1.807) is 55.9 Å². The number of nitrogens with two attached hydrogens (primary N) is 1. The van der Waals surface area contributed by atoms with Crippen molar-refractivity contribution in [3.05, 3.63) is 77.0 Å². The molecule has 252 valence electrons. The lowest BCUT2D eigenvalue weighted by Crippen LogP contribution is -2.28. The first-order valence-corrected chi connectivity index (χ1v) is 15.1. The van der Waals surface area contributed by atoms with Crippen LogP contribution in [-0.2, 0) is 33.0 Å². The van der Waals surface area contributed by atoms with E-state index in [2.05, 4.69) is 54.1 Å². The Morgan fingerprint density at radius 1 is 0.750 bits per heavy atom. The average molecular weight is 724 g/mol. The number of carbonyl (C=O) groups excluding carboxylic acids is 5. The summed E-state index contributed by atoms with van der Waals surface area (Å²) in [6.45, 7) is 3.83. The van der Waals surface area contributed by atoms with Crippen molar-refractivity contribution in [2.75, 3.05) is 27.8 Å². The van der Waals surface area contributed by atoms with E-state index >= 15 is 0 Å². The van der Waals surface area contributed by atoms with Crippen molar-refractivity contribution in [3.63, 3.8) is 0 Å². The van der Waals surface area contributed by atoms with Crippen molar-refractivity contribution in [2.24, 2.45) is 33.9 Å². The lowest BCUT2D eigenvalue weighted by atomic mass is 10.3. The number of rotatable bonds is 13. The Balaban J connectivity index is 1.38. The maximum absolute atomic E-state index is 13.2. The number of imidazole rings is 1. The molecule has 0 saturated carbocycles. The molecule has 5 amide bonds. The minimum atomic E-state index is -0.557. The predicted octanol–water partition coefficient (Wildman–Crippen LogP) is 2.49. The van der Waals surface area contributed by atoms with E-state index in [0.29, 0.717) is 27.2 Å². The Labute approximate surface area is 283 Å². The Morgan fingerprint density at radius 2 is 1.21 bits per heavy atom. The molecule has 48 heavy (non-hydrogen) atoms. The number of halogens is 1. The summed E-state index contributed by atoms with van der Waals surface area (Å²) in [4.78, 5) is 67.8. The molecule has 0 aliphatic rings. The molecule has 0 bridgehead atoms. The van der Waals surface area contributed by atoms with Gasteiger partial charge in [0.25, 0.3) is 23.6 Å². The summed E-state index contributed by atoms with van der Waals surface area (Å²) in [5.74, 6) is -2.05. The van der Waals surface area contributed by atoms with Crippen LogP contribution in [0, 0.1) is 5.41 Å². The smallest absolute Gasteiger partial charge is 0.291 e. The molecule has 0 radical (unpaired) electrons. The summed E-state index contributed by atoms with van der Waals surface area (Å²) in [5.41, 5.74) is 7.16. The Kier molecular flexibility index (Phi) is 10.7. The summed E-state index contributed by atoms with van der Waals surface area (Å²) in [6, 6.07) is 4.51. The number of nitrogens with one attached hydrogen (secondary N) is 6. The molecule has 4 aromatic heterocycles. The highest BCUT2D eigenvalue weighted by molar-refractivity contribution is 9.11. The van der Waals surface area contributed by atoms with Crippen molar-refractivity contribution in [1.29, 1.82) is 5.41 Å². The van der Waals surface area contributed by atoms with Crippen LogP contribution in [0.15, 0.2) is 54.0 Å². The lowest BCUT2D eigenvalue weighted by Gasteiger charge is -2.04. The van der Waals surface area contributed by atoms with Gasteiger partial charge in [-0.2, -0.15) is 0 Å². The summed E-state index contributed by atoms with van der Waals surface area (Å²) in [7, 11) is 6.55. The molecule has 0 saturated heterocycles. The van der Waals surface area contributed by atoms with Gasteiger partial charge in [0, 0.05) is 65.9 Å². The molecule has 0 unspecified atom stereocenters. The van der Waals surface area contributed by atoms with E-state index in [9.17, 15) is 24.0 Å². The van der Waals surface area contributed by atoms with Gasteiger partial charge in [-0.15, -0.1) is 0 Å². The van der Waals surface area contributed by atoms with E-state index in [1.807, 2.05) is 0 Å². The summed E-state index contributed by atoms with van der Waals surface area (Å²) in [6.07, 6.45) is 6.48. The second-order valence-electron chi connectivity index (χ2n) is 10.9. The van der Waals surface area contributed by atoms with Crippen molar-refractivity contribution < 1.29 is 24.0 Å². The molecule has 0 fully saturated rings.